The average Bonchev–Trinajstić information content (AvgIpc) is 2.37. The highest BCUT2D eigenvalue weighted by Gasteiger charge is 2.22. The zero-order valence-corrected chi connectivity index (χ0v) is 12.0. The summed E-state index contributed by atoms with van der Waals surface area (Å²) in [4.78, 5) is 27.3. The lowest BCUT2D eigenvalue weighted by atomic mass is 10.0. The number of carbonyl (C=O) groups excluding carboxylic acids is 1. The molecule has 0 aliphatic carbocycles. The molecule has 2 N–H and O–H groups in total. The largest absolute Gasteiger partial charge is 0.480 e. The first kappa shape index (κ1) is 15.5. The minimum Gasteiger partial charge on any atom is -0.480 e. The van der Waals surface area contributed by atoms with E-state index in [1.165, 1.54) is 11.8 Å². The third kappa shape index (κ3) is 4.55. The van der Waals surface area contributed by atoms with E-state index in [4.69, 9.17) is 5.11 Å². The van der Waals surface area contributed by atoms with E-state index in [-0.39, 0.29) is 5.92 Å². The predicted octanol–water partition coefficient (Wildman–Crippen LogP) is 2.03. The first-order valence-corrected chi connectivity index (χ1v) is 7.20. The van der Waals surface area contributed by atoms with Crippen molar-refractivity contribution in [2.24, 2.45) is 5.92 Å². The van der Waals surface area contributed by atoms with Crippen molar-refractivity contribution in [3.63, 3.8) is 0 Å². The lowest BCUT2D eigenvalue weighted by Gasteiger charge is -2.17. The van der Waals surface area contributed by atoms with Gasteiger partial charge in [0.1, 0.15) is 11.1 Å². The van der Waals surface area contributed by atoms with Crippen molar-refractivity contribution in [1.29, 1.82) is 0 Å². The van der Waals surface area contributed by atoms with Crippen LogP contribution >= 0.6 is 11.8 Å². The molecule has 104 valence electrons. The Balaban J connectivity index is 2.84. The average molecular weight is 282 g/mol. The van der Waals surface area contributed by atoms with Gasteiger partial charge in [-0.25, -0.2) is 9.78 Å². The molecule has 0 aliphatic rings. The molecular formula is C13H18N2O3S. The van der Waals surface area contributed by atoms with Crippen molar-refractivity contribution in [2.75, 3.05) is 6.26 Å². The Morgan fingerprint density at radius 2 is 2.16 bits per heavy atom. The third-order valence-corrected chi connectivity index (χ3v) is 3.23. The van der Waals surface area contributed by atoms with E-state index >= 15 is 0 Å². The number of carboxylic acids is 1. The molecule has 0 saturated carbocycles. The predicted molar refractivity (Wildman–Crippen MR) is 74.4 cm³/mol. The molecule has 0 aromatic carbocycles. The van der Waals surface area contributed by atoms with Crippen LogP contribution in [0.1, 0.15) is 30.6 Å². The van der Waals surface area contributed by atoms with Crippen LogP contribution in [0.25, 0.3) is 0 Å². The number of hydrogen-bond acceptors (Lipinski definition) is 4. The zero-order valence-electron chi connectivity index (χ0n) is 11.2. The first-order chi connectivity index (χ1) is 8.95. The molecule has 1 aromatic heterocycles. The molecule has 1 aromatic rings. The summed E-state index contributed by atoms with van der Waals surface area (Å²) in [5.74, 6) is -1.22. The van der Waals surface area contributed by atoms with Gasteiger partial charge in [0, 0.05) is 6.20 Å². The fraction of sp³-hybridized carbons (Fsp3) is 0.462. The number of carboxylic acid groups (broad SMARTS) is 1. The van der Waals surface area contributed by atoms with Crippen LogP contribution in [0.3, 0.4) is 0 Å². The molecule has 1 heterocycles. The maximum Gasteiger partial charge on any atom is 0.326 e. The Kier molecular flexibility index (Phi) is 5.82. The Morgan fingerprint density at radius 3 is 2.68 bits per heavy atom. The van der Waals surface area contributed by atoms with Gasteiger partial charge in [-0.2, -0.15) is 0 Å². The molecule has 0 fully saturated rings. The van der Waals surface area contributed by atoms with E-state index in [0.717, 1.165) is 0 Å². The van der Waals surface area contributed by atoms with Crippen molar-refractivity contribution in [2.45, 2.75) is 31.3 Å². The van der Waals surface area contributed by atoms with Crippen molar-refractivity contribution in [3.8, 4) is 0 Å². The highest BCUT2D eigenvalue weighted by molar-refractivity contribution is 7.98. The van der Waals surface area contributed by atoms with Gasteiger partial charge in [-0.3, -0.25) is 4.79 Å². The van der Waals surface area contributed by atoms with Crippen molar-refractivity contribution < 1.29 is 14.7 Å². The Labute approximate surface area is 116 Å². The van der Waals surface area contributed by atoms with Crippen LogP contribution in [0.2, 0.25) is 0 Å². The van der Waals surface area contributed by atoms with Gasteiger partial charge in [0.05, 0.1) is 5.56 Å². The number of nitrogens with one attached hydrogen (secondary N) is 1. The van der Waals surface area contributed by atoms with Gasteiger partial charge >= 0.3 is 5.97 Å². The fourth-order valence-corrected chi connectivity index (χ4v) is 2.20. The summed E-state index contributed by atoms with van der Waals surface area (Å²) in [6.45, 7) is 3.83. The summed E-state index contributed by atoms with van der Waals surface area (Å²) in [6, 6.07) is 2.43. The second-order valence-electron chi connectivity index (χ2n) is 4.55. The van der Waals surface area contributed by atoms with Gasteiger partial charge in [0.15, 0.2) is 0 Å². The molecule has 0 saturated heterocycles. The molecule has 0 spiro atoms. The number of rotatable bonds is 6. The van der Waals surface area contributed by atoms with E-state index in [9.17, 15) is 9.59 Å². The minimum atomic E-state index is -1.02. The minimum absolute atomic E-state index is 0.190. The molecular weight excluding hydrogens is 264 g/mol. The van der Waals surface area contributed by atoms with Gasteiger partial charge in [0.25, 0.3) is 5.91 Å². The molecule has 1 amide bonds. The van der Waals surface area contributed by atoms with Crippen LogP contribution in [0.4, 0.5) is 0 Å². The number of aromatic nitrogens is 1. The molecule has 0 unspecified atom stereocenters. The maximum absolute atomic E-state index is 12.1. The standard InChI is InChI=1S/C13H18N2O3S/c1-8(2)7-10(13(17)18)15-11(16)9-5-4-6-14-12(9)19-3/h4-6,8,10H,7H2,1-3H3,(H,15,16)(H,17,18)/t10-/m0/s1. The fourth-order valence-electron chi connectivity index (χ4n) is 1.66. The van der Waals surface area contributed by atoms with E-state index in [0.29, 0.717) is 17.0 Å². The van der Waals surface area contributed by atoms with Crippen molar-refractivity contribution in [1.82, 2.24) is 10.3 Å². The van der Waals surface area contributed by atoms with E-state index < -0.39 is 17.9 Å². The summed E-state index contributed by atoms with van der Waals surface area (Å²) in [6.07, 6.45) is 3.82. The molecule has 0 radical (unpaired) electrons. The van der Waals surface area contributed by atoms with Crippen LogP contribution < -0.4 is 5.32 Å². The topological polar surface area (TPSA) is 79.3 Å². The quantitative estimate of drug-likeness (QED) is 0.780. The van der Waals surface area contributed by atoms with Crippen LogP contribution in [-0.4, -0.2) is 34.3 Å². The van der Waals surface area contributed by atoms with Gasteiger partial charge in [0.2, 0.25) is 0 Å². The summed E-state index contributed by atoms with van der Waals surface area (Å²) in [5, 5.41) is 12.2. The Hall–Kier alpha value is -1.56. The maximum atomic E-state index is 12.1. The number of hydrogen-bond donors (Lipinski definition) is 2. The number of amides is 1. The second kappa shape index (κ2) is 7.13. The van der Waals surface area contributed by atoms with Crippen LogP contribution in [-0.2, 0) is 4.79 Å². The van der Waals surface area contributed by atoms with Crippen LogP contribution in [0.5, 0.6) is 0 Å². The van der Waals surface area contributed by atoms with Crippen LogP contribution in [0.15, 0.2) is 23.4 Å². The number of aliphatic carboxylic acids is 1. The Bertz CT molecular complexity index is 463. The molecule has 0 aliphatic heterocycles. The number of carbonyl (C=O) groups is 2. The second-order valence-corrected chi connectivity index (χ2v) is 5.35. The lowest BCUT2D eigenvalue weighted by Crippen LogP contribution is -2.41. The SMILES string of the molecule is CSc1ncccc1C(=O)N[C@@H](CC(C)C)C(=O)O. The summed E-state index contributed by atoms with van der Waals surface area (Å²) in [5.41, 5.74) is 0.407. The number of pyridine rings is 1. The van der Waals surface area contributed by atoms with E-state index in [2.05, 4.69) is 10.3 Å². The van der Waals surface area contributed by atoms with Gasteiger partial charge in [-0.05, 0) is 30.7 Å². The molecule has 5 nitrogen and oxygen atoms in total. The third-order valence-electron chi connectivity index (χ3n) is 2.52. The number of nitrogens with zero attached hydrogens (tertiary/aromatic N) is 1. The molecule has 19 heavy (non-hydrogen) atoms. The lowest BCUT2D eigenvalue weighted by molar-refractivity contribution is -0.139. The highest BCUT2D eigenvalue weighted by atomic mass is 32.2. The summed E-state index contributed by atoms with van der Waals surface area (Å²) >= 11 is 1.35. The van der Waals surface area contributed by atoms with Crippen LogP contribution in [0, 0.1) is 5.92 Å². The summed E-state index contributed by atoms with van der Waals surface area (Å²) in [7, 11) is 0. The van der Waals surface area contributed by atoms with Gasteiger partial charge < -0.3 is 10.4 Å². The molecule has 6 heteroatoms. The summed E-state index contributed by atoms with van der Waals surface area (Å²) < 4.78 is 0. The number of thioether (sulfide) groups is 1. The zero-order chi connectivity index (χ0) is 14.4. The van der Waals surface area contributed by atoms with E-state index in [1.54, 1.807) is 18.3 Å². The van der Waals surface area contributed by atoms with Gasteiger partial charge in [-0.1, -0.05) is 13.8 Å². The molecule has 0 bridgehead atoms. The van der Waals surface area contributed by atoms with Crippen molar-refractivity contribution >= 4 is 23.6 Å². The molecule has 1 atom stereocenters. The van der Waals surface area contributed by atoms with E-state index in [1.807, 2.05) is 20.1 Å². The first-order valence-electron chi connectivity index (χ1n) is 5.98. The Morgan fingerprint density at radius 1 is 1.47 bits per heavy atom. The monoisotopic (exact) mass is 282 g/mol. The molecule has 1 rings (SSSR count). The van der Waals surface area contributed by atoms with Gasteiger partial charge in [-0.15, -0.1) is 11.8 Å². The highest BCUT2D eigenvalue weighted by Crippen LogP contribution is 2.17. The smallest absolute Gasteiger partial charge is 0.326 e. The van der Waals surface area contributed by atoms with Crippen molar-refractivity contribution in [3.05, 3.63) is 23.9 Å². The normalized spacial score (nSPS) is 12.2.